The molecule has 0 aliphatic carbocycles. The third-order valence-corrected chi connectivity index (χ3v) is 3.56. The molecule has 4 rings (SSSR count). The van der Waals surface area contributed by atoms with Crippen molar-refractivity contribution in [1.82, 2.24) is 15.0 Å². The van der Waals surface area contributed by atoms with Crippen molar-refractivity contribution in [3.05, 3.63) is 54.2 Å². The van der Waals surface area contributed by atoms with E-state index < -0.39 is 0 Å². The number of benzene rings is 1. The van der Waals surface area contributed by atoms with Crippen molar-refractivity contribution in [3.8, 4) is 11.1 Å². The number of pyridine rings is 1. The molecule has 0 aliphatic rings. The first kappa shape index (κ1) is 11.2. The lowest BCUT2D eigenvalue weighted by atomic mass is 10.1. The van der Waals surface area contributed by atoms with Crippen LogP contribution in [-0.4, -0.2) is 15.0 Å². The number of halogens is 1. The maximum absolute atomic E-state index is 13.2. The number of aromatic nitrogens is 3. The second-order valence-corrected chi connectivity index (χ2v) is 5.01. The minimum atomic E-state index is -0.235. The van der Waals surface area contributed by atoms with Crippen molar-refractivity contribution in [2.24, 2.45) is 0 Å². The summed E-state index contributed by atoms with van der Waals surface area (Å²) >= 11 is 0. The van der Waals surface area contributed by atoms with Crippen LogP contribution in [-0.2, 0) is 0 Å². The van der Waals surface area contributed by atoms with Crippen molar-refractivity contribution in [1.29, 1.82) is 0 Å². The summed E-state index contributed by atoms with van der Waals surface area (Å²) in [5, 5.41) is 2.08. The van der Waals surface area contributed by atoms with Gasteiger partial charge in [-0.15, -0.1) is 0 Å². The Hall–Kier alpha value is -2.62. The molecule has 0 aliphatic heterocycles. The van der Waals surface area contributed by atoms with E-state index in [0.29, 0.717) is 0 Å². The first-order chi connectivity index (χ1) is 9.70. The molecule has 98 valence electrons. The van der Waals surface area contributed by atoms with Crippen LogP contribution in [0.5, 0.6) is 0 Å². The molecule has 20 heavy (non-hydrogen) atoms. The molecular weight excluding hydrogens is 253 g/mol. The van der Waals surface area contributed by atoms with Gasteiger partial charge in [0.15, 0.2) is 0 Å². The van der Waals surface area contributed by atoms with Crippen LogP contribution in [0.15, 0.2) is 42.7 Å². The second kappa shape index (κ2) is 3.93. The van der Waals surface area contributed by atoms with Crippen LogP contribution < -0.4 is 0 Å². The zero-order chi connectivity index (χ0) is 13.7. The SMILES string of the molecule is Cc1cc2cc(-c3c[nH]c4cc(F)ccc34)cnc2[nH]1. The van der Waals surface area contributed by atoms with E-state index in [1.807, 2.05) is 19.3 Å². The van der Waals surface area contributed by atoms with Gasteiger partial charge in [-0.2, -0.15) is 0 Å². The lowest BCUT2D eigenvalue weighted by Gasteiger charge is -1.99. The minimum absolute atomic E-state index is 0.235. The molecule has 3 aromatic heterocycles. The molecule has 4 aromatic rings. The van der Waals surface area contributed by atoms with Gasteiger partial charge in [0, 0.05) is 45.5 Å². The monoisotopic (exact) mass is 265 g/mol. The highest BCUT2D eigenvalue weighted by Gasteiger charge is 2.09. The number of hydrogen-bond donors (Lipinski definition) is 2. The molecule has 0 radical (unpaired) electrons. The Labute approximate surface area is 114 Å². The highest BCUT2D eigenvalue weighted by molar-refractivity contribution is 5.97. The van der Waals surface area contributed by atoms with Gasteiger partial charge in [-0.3, -0.25) is 0 Å². The number of H-pyrrole nitrogens is 2. The van der Waals surface area contributed by atoms with E-state index in [1.165, 1.54) is 12.1 Å². The van der Waals surface area contributed by atoms with Gasteiger partial charge in [0.05, 0.1) is 0 Å². The molecule has 0 atom stereocenters. The average molecular weight is 265 g/mol. The number of rotatable bonds is 1. The lowest BCUT2D eigenvalue weighted by molar-refractivity contribution is 0.629. The summed E-state index contributed by atoms with van der Waals surface area (Å²) in [7, 11) is 0. The van der Waals surface area contributed by atoms with Crippen LogP contribution >= 0.6 is 0 Å². The molecule has 0 spiro atoms. The molecule has 3 nitrogen and oxygen atoms in total. The Bertz CT molecular complexity index is 933. The molecular formula is C16H12FN3. The Morgan fingerprint density at radius 1 is 1.15 bits per heavy atom. The molecule has 0 unspecified atom stereocenters. The summed E-state index contributed by atoms with van der Waals surface area (Å²) in [6, 6.07) is 8.94. The third-order valence-electron chi connectivity index (χ3n) is 3.56. The molecule has 0 saturated heterocycles. The molecule has 0 saturated carbocycles. The van der Waals surface area contributed by atoms with Crippen molar-refractivity contribution >= 4 is 21.9 Å². The first-order valence-corrected chi connectivity index (χ1v) is 6.43. The van der Waals surface area contributed by atoms with E-state index in [0.717, 1.165) is 38.8 Å². The van der Waals surface area contributed by atoms with Gasteiger partial charge in [0.1, 0.15) is 11.5 Å². The smallest absolute Gasteiger partial charge is 0.137 e. The van der Waals surface area contributed by atoms with E-state index in [-0.39, 0.29) is 5.82 Å². The summed E-state index contributed by atoms with van der Waals surface area (Å²) in [4.78, 5) is 10.8. The van der Waals surface area contributed by atoms with Gasteiger partial charge < -0.3 is 9.97 Å². The average Bonchev–Trinajstić information content (AvgIpc) is 2.99. The normalized spacial score (nSPS) is 11.5. The molecule has 1 aromatic carbocycles. The summed E-state index contributed by atoms with van der Waals surface area (Å²) < 4.78 is 13.2. The number of fused-ring (bicyclic) bond motifs is 2. The number of aromatic amines is 2. The van der Waals surface area contributed by atoms with Crippen LogP contribution in [0.3, 0.4) is 0 Å². The fourth-order valence-corrected chi connectivity index (χ4v) is 2.64. The molecule has 4 heteroatoms. The van der Waals surface area contributed by atoms with Crippen LogP contribution in [0, 0.1) is 12.7 Å². The Morgan fingerprint density at radius 3 is 2.95 bits per heavy atom. The van der Waals surface area contributed by atoms with Crippen LogP contribution in [0.1, 0.15) is 5.69 Å². The van der Waals surface area contributed by atoms with Gasteiger partial charge in [0.25, 0.3) is 0 Å². The van der Waals surface area contributed by atoms with E-state index in [1.54, 1.807) is 6.07 Å². The van der Waals surface area contributed by atoms with Gasteiger partial charge >= 0.3 is 0 Å². The second-order valence-electron chi connectivity index (χ2n) is 5.01. The maximum Gasteiger partial charge on any atom is 0.137 e. The fraction of sp³-hybridized carbons (Fsp3) is 0.0625. The quantitative estimate of drug-likeness (QED) is 0.533. The van der Waals surface area contributed by atoms with Crippen molar-refractivity contribution < 1.29 is 4.39 Å². The molecule has 2 N–H and O–H groups in total. The zero-order valence-corrected chi connectivity index (χ0v) is 10.9. The highest BCUT2D eigenvalue weighted by atomic mass is 19.1. The van der Waals surface area contributed by atoms with Crippen molar-refractivity contribution in [2.75, 3.05) is 0 Å². The van der Waals surface area contributed by atoms with E-state index >= 15 is 0 Å². The van der Waals surface area contributed by atoms with Crippen molar-refractivity contribution in [3.63, 3.8) is 0 Å². The first-order valence-electron chi connectivity index (χ1n) is 6.43. The predicted octanol–water partition coefficient (Wildman–Crippen LogP) is 4.16. The van der Waals surface area contributed by atoms with Gasteiger partial charge in [-0.25, -0.2) is 9.37 Å². The number of aryl methyl sites for hydroxylation is 1. The lowest BCUT2D eigenvalue weighted by Crippen LogP contribution is -1.81. The van der Waals surface area contributed by atoms with E-state index in [2.05, 4.69) is 27.1 Å². The minimum Gasteiger partial charge on any atom is -0.360 e. The zero-order valence-electron chi connectivity index (χ0n) is 10.9. The summed E-state index contributed by atoms with van der Waals surface area (Å²) in [5.74, 6) is -0.235. The Morgan fingerprint density at radius 2 is 2.05 bits per heavy atom. The van der Waals surface area contributed by atoms with E-state index in [4.69, 9.17) is 0 Å². The summed E-state index contributed by atoms with van der Waals surface area (Å²) in [5.41, 5.74) is 4.83. The molecule has 0 amide bonds. The van der Waals surface area contributed by atoms with Crippen LogP contribution in [0.2, 0.25) is 0 Å². The molecule has 0 fully saturated rings. The van der Waals surface area contributed by atoms with Crippen molar-refractivity contribution in [2.45, 2.75) is 6.92 Å². The van der Waals surface area contributed by atoms with Gasteiger partial charge in [0.2, 0.25) is 0 Å². The molecule has 3 heterocycles. The molecule has 0 bridgehead atoms. The number of nitrogens with one attached hydrogen (secondary N) is 2. The topological polar surface area (TPSA) is 44.5 Å². The van der Waals surface area contributed by atoms with Gasteiger partial charge in [-0.1, -0.05) is 0 Å². The largest absolute Gasteiger partial charge is 0.360 e. The third kappa shape index (κ3) is 1.61. The summed E-state index contributed by atoms with van der Waals surface area (Å²) in [6.07, 6.45) is 3.73. The highest BCUT2D eigenvalue weighted by Crippen LogP contribution is 2.30. The maximum atomic E-state index is 13.2. The number of nitrogens with zero attached hydrogens (tertiary/aromatic N) is 1. The van der Waals surface area contributed by atoms with Crippen LogP contribution in [0.4, 0.5) is 4.39 Å². The number of hydrogen-bond acceptors (Lipinski definition) is 1. The Kier molecular flexibility index (Phi) is 2.21. The summed E-state index contributed by atoms with van der Waals surface area (Å²) in [6.45, 7) is 2.01. The predicted molar refractivity (Wildman–Crippen MR) is 78.1 cm³/mol. The van der Waals surface area contributed by atoms with Crippen LogP contribution in [0.25, 0.3) is 33.1 Å². The van der Waals surface area contributed by atoms with Gasteiger partial charge in [-0.05, 0) is 37.3 Å². The van der Waals surface area contributed by atoms with E-state index in [9.17, 15) is 4.39 Å². The fourth-order valence-electron chi connectivity index (χ4n) is 2.64. The standard InChI is InChI=1S/C16H12FN3/c1-9-4-10-5-11(7-19-16(10)20-9)14-8-18-15-6-12(17)2-3-13(14)15/h2-8,18H,1H3,(H,19,20). The Balaban J connectivity index is 1.95.